The predicted octanol–water partition coefficient (Wildman–Crippen LogP) is 4.38. The van der Waals surface area contributed by atoms with Gasteiger partial charge in [0, 0.05) is 23.9 Å². The molecule has 4 rings (SSSR count). The third-order valence-electron chi connectivity index (χ3n) is 4.92. The normalized spacial score (nSPS) is 13.6. The highest BCUT2D eigenvalue weighted by molar-refractivity contribution is 6.46. The van der Waals surface area contributed by atoms with Crippen molar-refractivity contribution < 1.29 is 27.8 Å². The van der Waals surface area contributed by atoms with Crippen LogP contribution in [-0.4, -0.2) is 26.0 Å². The molecule has 0 saturated carbocycles. The predicted molar refractivity (Wildman–Crippen MR) is 115 cm³/mol. The van der Waals surface area contributed by atoms with Gasteiger partial charge in [0.1, 0.15) is 28.8 Å². The second-order valence-electron chi connectivity index (χ2n) is 6.91. The van der Waals surface area contributed by atoms with Gasteiger partial charge in [0.05, 0.1) is 25.5 Å². The molecule has 1 heterocycles. The second-order valence-corrected chi connectivity index (χ2v) is 6.91. The Balaban J connectivity index is 1.82. The third kappa shape index (κ3) is 3.90. The number of carbonyl (C=O) groups is 2. The van der Waals surface area contributed by atoms with Gasteiger partial charge in [0.15, 0.2) is 0 Å². The van der Waals surface area contributed by atoms with E-state index in [2.05, 4.69) is 5.32 Å². The lowest BCUT2D eigenvalue weighted by molar-refractivity contribution is -0.120. The van der Waals surface area contributed by atoms with Crippen LogP contribution in [0.2, 0.25) is 0 Å². The van der Waals surface area contributed by atoms with Gasteiger partial charge in [-0.2, -0.15) is 0 Å². The quantitative estimate of drug-likeness (QED) is 0.581. The maximum atomic E-state index is 13.5. The summed E-state index contributed by atoms with van der Waals surface area (Å²) in [5.41, 5.74) is 1.04. The Bertz CT molecular complexity index is 1200. The van der Waals surface area contributed by atoms with Gasteiger partial charge < -0.3 is 14.8 Å². The van der Waals surface area contributed by atoms with Gasteiger partial charge in [-0.15, -0.1) is 0 Å². The number of nitrogens with one attached hydrogen (secondary N) is 1. The maximum absolute atomic E-state index is 13.5. The molecule has 0 unspecified atom stereocenters. The van der Waals surface area contributed by atoms with Crippen LogP contribution in [0.5, 0.6) is 11.5 Å². The van der Waals surface area contributed by atoms with Gasteiger partial charge in [-0.25, -0.2) is 13.7 Å². The molecule has 0 spiro atoms. The number of methoxy groups -OCH3 is 2. The third-order valence-corrected chi connectivity index (χ3v) is 4.92. The minimum Gasteiger partial charge on any atom is -0.497 e. The smallest absolute Gasteiger partial charge is 0.282 e. The lowest BCUT2D eigenvalue weighted by atomic mass is 10.0. The van der Waals surface area contributed by atoms with Crippen molar-refractivity contribution in [2.24, 2.45) is 0 Å². The standard InChI is InChI=1S/C24H18F2N2O4/c1-31-19-11-18(12-20(13-19)32-2)28-23(29)21(14-3-5-15(25)6-4-14)22(24(28)30)27-17-9-7-16(26)8-10-17/h3-13,27H,1-2H3. The van der Waals surface area contributed by atoms with Crippen molar-refractivity contribution in [1.29, 1.82) is 0 Å². The Kier molecular flexibility index (Phi) is 5.59. The summed E-state index contributed by atoms with van der Waals surface area (Å²) in [7, 11) is 2.91. The van der Waals surface area contributed by atoms with E-state index in [1.807, 2.05) is 0 Å². The molecule has 0 saturated heterocycles. The highest BCUT2D eigenvalue weighted by Crippen LogP contribution is 2.37. The fraction of sp³-hybridized carbons (Fsp3) is 0.0833. The van der Waals surface area contributed by atoms with E-state index in [-0.39, 0.29) is 17.0 Å². The van der Waals surface area contributed by atoms with E-state index in [4.69, 9.17) is 9.47 Å². The molecule has 0 aromatic heterocycles. The molecule has 0 aliphatic carbocycles. The summed E-state index contributed by atoms with van der Waals surface area (Å²) < 4.78 is 37.3. The van der Waals surface area contributed by atoms with Crippen molar-refractivity contribution in [2.45, 2.75) is 0 Å². The monoisotopic (exact) mass is 436 g/mol. The van der Waals surface area contributed by atoms with Gasteiger partial charge in [-0.1, -0.05) is 12.1 Å². The summed E-state index contributed by atoms with van der Waals surface area (Å²) in [4.78, 5) is 27.8. The maximum Gasteiger partial charge on any atom is 0.282 e. The number of anilines is 2. The lowest BCUT2D eigenvalue weighted by Gasteiger charge is -2.17. The summed E-state index contributed by atoms with van der Waals surface area (Å²) in [6, 6.07) is 15.2. The first-order valence-corrected chi connectivity index (χ1v) is 9.56. The fourth-order valence-corrected chi connectivity index (χ4v) is 3.36. The Morgan fingerprint density at radius 1 is 0.750 bits per heavy atom. The Hall–Kier alpha value is -4.20. The van der Waals surface area contributed by atoms with Crippen molar-refractivity contribution in [2.75, 3.05) is 24.4 Å². The molecule has 0 bridgehead atoms. The van der Waals surface area contributed by atoms with E-state index in [0.717, 1.165) is 4.90 Å². The highest BCUT2D eigenvalue weighted by Gasteiger charge is 2.40. The van der Waals surface area contributed by atoms with E-state index in [1.165, 1.54) is 74.9 Å². The summed E-state index contributed by atoms with van der Waals surface area (Å²) in [5.74, 6) is -1.38. The van der Waals surface area contributed by atoms with Crippen molar-refractivity contribution >= 4 is 28.8 Å². The molecular weight excluding hydrogens is 418 g/mol. The highest BCUT2D eigenvalue weighted by atomic mass is 19.1. The van der Waals surface area contributed by atoms with E-state index < -0.39 is 23.4 Å². The summed E-state index contributed by atoms with van der Waals surface area (Å²) >= 11 is 0. The zero-order chi connectivity index (χ0) is 22.8. The van der Waals surface area contributed by atoms with Crippen LogP contribution in [0.15, 0.2) is 72.4 Å². The molecule has 162 valence electrons. The number of amides is 2. The first-order chi connectivity index (χ1) is 15.4. The largest absolute Gasteiger partial charge is 0.497 e. The topological polar surface area (TPSA) is 67.9 Å². The van der Waals surface area contributed by atoms with Gasteiger partial charge in [-0.3, -0.25) is 9.59 Å². The molecule has 0 fully saturated rings. The summed E-state index contributed by atoms with van der Waals surface area (Å²) in [6.07, 6.45) is 0. The van der Waals surface area contributed by atoms with Crippen LogP contribution in [0.25, 0.3) is 5.57 Å². The molecule has 1 aliphatic heterocycles. The zero-order valence-electron chi connectivity index (χ0n) is 17.2. The lowest BCUT2D eigenvalue weighted by Crippen LogP contribution is -2.32. The minimum absolute atomic E-state index is 0.0185. The Morgan fingerprint density at radius 2 is 1.28 bits per heavy atom. The average Bonchev–Trinajstić information content (AvgIpc) is 3.04. The molecule has 32 heavy (non-hydrogen) atoms. The second kappa shape index (κ2) is 8.50. The molecule has 1 N–H and O–H groups in total. The number of rotatable bonds is 6. The SMILES string of the molecule is COc1cc(OC)cc(N2C(=O)C(Nc3ccc(F)cc3)=C(c3ccc(F)cc3)C2=O)c1. The number of imide groups is 1. The van der Waals surface area contributed by atoms with Crippen molar-refractivity contribution in [3.63, 3.8) is 0 Å². The van der Waals surface area contributed by atoms with Crippen LogP contribution >= 0.6 is 0 Å². The van der Waals surface area contributed by atoms with E-state index in [1.54, 1.807) is 6.07 Å². The number of hydrogen-bond donors (Lipinski definition) is 1. The molecule has 3 aromatic carbocycles. The molecule has 8 heteroatoms. The van der Waals surface area contributed by atoms with Crippen molar-refractivity contribution in [3.05, 3.63) is 89.6 Å². The minimum atomic E-state index is -0.631. The van der Waals surface area contributed by atoms with Crippen LogP contribution in [0.3, 0.4) is 0 Å². The zero-order valence-corrected chi connectivity index (χ0v) is 17.2. The first-order valence-electron chi connectivity index (χ1n) is 9.56. The number of benzene rings is 3. The van der Waals surface area contributed by atoms with E-state index >= 15 is 0 Å². The molecule has 0 atom stereocenters. The molecular formula is C24H18F2N2O4. The van der Waals surface area contributed by atoms with Gasteiger partial charge in [0.25, 0.3) is 11.8 Å². The number of ether oxygens (including phenoxy) is 2. The first kappa shape index (κ1) is 21.0. The number of hydrogen-bond acceptors (Lipinski definition) is 5. The van der Waals surface area contributed by atoms with Crippen LogP contribution < -0.4 is 19.7 Å². The molecule has 1 aliphatic rings. The number of nitrogens with zero attached hydrogens (tertiary/aromatic N) is 1. The van der Waals surface area contributed by atoms with E-state index in [9.17, 15) is 18.4 Å². The van der Waals surface area contributed by atoms with E-state index in [0.29, 0.717) is 22.7 Å². The number of carbonyl (C=O) groups excluding carboxylic acids is 2. The molecule has 3 aromatic rings. The van der Waals surface area contributed by atoms with Crippen LogP contribution in [0.4, 0.5) is 20.2 Å². The molecule has 6 nitrogen and oxygen atoms in total. The van der Waals surface area contributed by atoms with Crippen molar-refractivity contribution in [3.8, 4) is 11.5 Å². The molecule has 0 radical (unpaired) electrons. The fourth-order valence-electron chi connectivity index (χ4n) is 3.36. The van der Waals surface area contributed by atoms with Crippen LogP contribution in [-0.2, 0) is 9.59 Å². The Labute approximate surface area is 182 Å². The Morgan fingerprint density at radius 3 is 1.81 bits per heavy atom. The van der Waals surface area contributed by atoms with Gasteiger partial charge >= 0.3 is 0 Å². The van der Waals surface area contributed by atoms with Crippen molar-refractivity contribution in [1.82, 2.24) is 0 Å². The van der Waals surface area contributed by atoms with Crippen LogP contribution in [0.1, 0.15) is 5.56 Å². The molecule has 2 amide bonds. The van der Waals surface area contributed by atoms with Gasteiger partial charge in [0.2, 0.25) is 0 Å². The summed E-state index contributed by atoms with van der Waals surface area (Å²) in [6.45, 7) is 0. The van der Waals surface area contributed by atoms with Gasteiger partial charge in [-0.05, 0) is 42.0 Å². The number of halogens is 2. The van der Waals surface area contributed by atoms with Crippen LogP contribution in [0, 0.1) is 11.6 Å². The summed E-state index contributed by atoms with van der Waals surface area (Å²) in [5, 5.41) is 2.91. The average molecular weight is 436 g/mol.